The van der Waals surface area contributed by atoms with Crippen molar-refractivity contribution in [3.05, 3.63) is 59.2 Å². The highest BCUT2D eigenvalue weighted by Gasteiger charge is 2.24. The highest BCUT2D eigenvalue weighted by molar-refractivity contribution is 5.88. The quantitative estimate of drug-likeness (QED) is 0.860. The molecular weight excluding hydrogens is 290 g/mol. The molecular formula is C19H23NO3. The van der Waals surface area contributed by atoms with E-state index < -0.39 is 6.09 Å². The third-order valence-corrected chi connectivity index (χ3v) is 3.58. The Kier molecular flexibility index (Phi) is 4.94. The minimum Gasteiger partial charge on any atom is -0.508 e. The lowest BCUT2D eigenvalue weighted by molar-refractivity contribution is 0.155. The number of phenols is 1. The SMILES string of the molecule is Cc1ccc(O)c(C(C)(C)C)c1NC(=O)OCc1ccccc1. The van der Waals surface area contributed by atoms with E-state index in [1.807, 2.05) is 58.0 Å². The van der Waals surface area contributed by atoms with Gasteiger partial charge in [0.05, 0.1) is 5.69 Å². The minimum absolute atomic E-state index is 0.168. The zero-order valence-electron chi connectivity index (χ0n) is 14.0. The third-order valence-electron chi connectivity index (χ3n) is 3.58. The van der Waals surface area contributed by atoms with Gasteiger partial charge in [-0.15, -0.1) is 0 Å². The van der Waals surface area contributed by atoms with Gasteiger partial charge < -0.3 is 9.84 Å². The normalized spacial score (nSPS) is 11.1. The zero-order chi connectivity index (χ0) is 17.0. The first-order chi connectivity index (χ1) is 10.8. The largest absolute Gasteiger partial charge is 0.508 e. The van der Waals surface area contributed by atoms with Gasteiger partial charge in [-0.05, 0) is 29.5 Å². The average Bonchev–Trinajstić information content (AvgIpc) is 2.48. The van der Waals surface area contributed by atoms with Crippen LogP contribution in [-0.2, 0) is 16.8 Å². The van der Waals surface area contributed by atoms with E-state index in [2.05, 4.69) is 5.32 Å². The number of hydrogen-bond donors (Lipinski definition) is 2. The number of aryl methyl sites for hydroxylation is 1. The maximum Gasteiger partial charge on any atom is 0.411 e. The second kappa shape index (κ2) is 6.73. The number of carbonyl (C=O) groups excluding carboxylic acids is 1. The molecule has 2 aromatic carbocycles. The van der Waals surface area contributed by atoms with Crippen LogP contribution in [0.5, 0.6) is 5.75 Å². The molecule has 0 bridgehead atoms. The van der Waals surface area contributed by atoms with E-state index in [-0.39, 0.29) is 17.8 Å². The maximum atomic E-state index is 12.1. The molecule has 0 atom stereocenters. The molecule has 0 saturated carbocycles. The van der Waals surface area contributed by atoms with Gasteiger partial charge in [0.2, 0.25) is 0 Å². The summed E-state index contributed by atoms with van der Waals surface area (Å²) in [7, 11) is 0. The zero-order valence-corrected chi connectivity index (χ0v) is 14.0. The number of aromatic hydroxyl groups is 1. The van der Waals surface area contributed by atoms with Crippen LogP contribution in [-0.4, -0.2) is 11.2 Å². The summed E-state index contributed by atoms with van der Waals surface area (Å²) in [5, 5.41) is 13.0. The number of rotatable bonds is 3. The van der Waals surface area contributed by atoms with Crippen LogP contribution in [0.3, 0.4) is 0 Å². The van der Waals surface area contributed by atoms with E-state index >= 15 is 0 Å². The summed E-state index contributed by atoms with van der Waals surface area (Å²) in [5.41, 5.74) is 2.80. The maximum absolute atomic E-state index is 12.1. The molecule has 4 heteroatoms. The van der Waals surface area contributed by atoms with Crippen LogP contribution < -0.4 is 5.32 Å². The van der Waals surface area contributed by atoms with Crippen LogP contribution in [0.2, 0.25) is 0 Å². The van der Waals surface area contributed by atoms with Gasteiger partial charge in [0.25, 0.3) is 0 Å². The number of phenolic OH excluding ortho intramolecular Hbond substituents is 1. The van der Waals surface area contributed by atoms with E-state index in [9.17, 15) is 9.90 Å². The summed E-state index contributed by atoms with van der Waals surface area (Å²) >= 11 is 0. The molecule has 2 rings (SSSR count). The summed E-state index contributed by atoms with van der Waals surface area (Å²) in [6.07, 6.45) is -0.534. The van der Waals surface area contributed by atoms with Crippen molar-refractivity contribution in [1.29, 1.82) is 0 Å². The molecule has 0 spiro atoms. The van der Waals surface area contributed by atoms with Crippen LogP contribution in [0.1, 0.15) is 37.5 Å². The first kappa shape index (κ1) is 16.9. The summed E-state index contributed by atoms with van der Waals surface area (Å²) in [5.74, 6) is 0.168. The Morgan fingerprint density at radius 2 is 1.78 bits per heavy atom. The highest BCUT2D eigenvalue weighted by atomic mass is 16.5. The van der Waals surface area contributed by atoms with Gasteiger partial charge in [-0.3, -0.25) is 5.32 Å². The van der Waals surface area contributed by atoms with Crippen molar-refractivity contribution in [2.24, 2.45) is 0 Å². The van der Waals surface area contributed by atoms with E-state index in [1.165, 1.54) is 0 Å². The van der Waals surface area contributed by atoms with E-state index in [1.54, 1.807) is 12.1 Å². The number of carbonyl (C=O) groups is 1. The standard InChI is InChI=1S/C19H23NO3/c1-13-10-11-15(21)16(19(2,3)4)17(13)20-18(22)23-12-14-8-6-5-7-9-14/h5-11,21H,12H2,1-4H3,(H,20,22). The Labute approximate surface area is 137 Å². The Morgan fingerprint density at radius 1 is 1.13 bits per heavy atom. The molecule has 23 heavy (non-hydrogen) atoms. The van der Waals surface area contributed by atoms with Crippen molar-refractivity contribution in [3.63, 3.8) is 0 Å². The molecule has 2 N–H and O–H groups in total. The molecule has 0 aromatic heterocycles. The summed E-state index contributed by atoms with van der Waals surface area (Å²) in [6.45, 7) is 8.06. The van der Waals surface area contributed by atoms with Gasteiger partial charge in [-0.2, -0.15) is 0 Å². The molecule has 0 aliphatic rings. The lowest BCUT2D eigenvalue weighted by Gasteiger charge is -2.25. The molecule has 1 amide bonds. The first-order valence-electron chi connectivity index (χ1n) is 7.60. The van der Waals surface area contributed by atoms with Crippen molar-refractivity contribution < 1.29 is 14.6 Å². The van der Waals surface area contributed by atoms with E-state index in [0.717, 1.165) is 11.1 Å². The van der Waals surface area contributed by atoms with Gasteiger partial charge in [0, 0.05) is 5.56 Å². The number of ether oxygens (including phenoxy) is 1. The Morgan fingerprint density at radius 3 is 2.39 bits per heavy atom. The predicted molar refractivity (Wildman–Crippen MR) is 91.8 cm³/mol. The topological polar surface area (TPSA) is 58.6 Å². The molecule has 0 aliphatic carbocycles. The van der Waals surface area contributed by atoms with Crippen molar-refractivity contribution >= 4 is 11.8 Å². The second-order valence-electron chi connectivity index (χ2n) is 6.59. The highest BCUT2D eigenvalue weighted by Crippen LogP contribution is 2.38. The molecule has 0 fully saturated rings. The van der Waals surface area contributed by atoms with Gasteiger partial charge in [0.15, 0.2) is 0 Å². The fraction of sp³-hybridized carbons (Fsp3) is 0.316. The number of anilines is 1. The minimum atomic E-state index is -0.534. The number of hydrogen-bond acceptors (Lipinski definition) is 3. The Hall–Kier alpha value is -2.49. The smallest absolute Gasteiger partial charge is 0.411 e. The molecule has 0 radical (unpaired) electrons. The number of nitrogens with one attached hydrogen (secondary N) is 1. The summed E-state index contributed by atoms with van der Waals surface area (Å²) in [6, 6.07) is 12.9. The Bertz CT molecular complexity index is 688. The number of benzene rings is 2. The molecule has 0 unspecified atom stereocenters. The molecule has 0 saturated heterocycles. The van der Waals surface area contributed by atoms with Crippen molar-refractivity contribution in [3.8, 4) is 5.75 Å². The van der Waals surface area contributed by atoms with Crippen molar-refractivity contribution in [1.82, 2.24) is 0 Å². The van der Waals surface area contributed by atoms with Crippen LogP contribution in [0.4, 0.5) is 10.5 Å². The van der Waals surface area contributed by atoms with Crippen LogP contribution in [0.25, 0.3) is 0 Å². The predicted octanol–water partition coefficient (Wildman–Crippen LogP) is 4.75. The van der Waals surface area contributed by atoms with Gasteiger partial charge in [-0.1, -0.05) is 57.2 Å². The lowest BCUT2D eigenvalue weighted by atomic mass is 9.84. The van der Waals surface area contributed by atoms with Crippen LogP contribution in [0.15, 0.2) is 42.5 Å². The van der Waals surface area contributed by atoms with Crippen molar-refractivity contribution in [2.75, 3.05) is 5.32 Å². The summed E-state index contributed by atoms with van der Waals surface area (Å²) < 4.78 is 5.26. The fourth-order valence-electron chi connectivity index (χ4n) is 2.48. The molecule has 2 aromatic rings. The first-order valence-corrected chi connectivity index (χ1v) is 7.60. The van der Waals surface area contributed by atoms with Crippen LogP contribution in [0, 0.1) is 6.92 Å². The molecule has 0 aliphatic heterocycles. The Balaban J connectivity index is 2.16. The van der Waals surface area contributed by atoms with E-state index in [4.69, 9.17) is 4.74 Å². The molecule has 0 heterocycles. The van der Waals surface area contributed by atoms with Crippen molar-refractivity contribution in [2.45, 2.75) is 39.7 Å². The second-order valence-corrected chi connectivity index (χ2v) is 6.59. The molecule has 4 nitrogen and oxygen atoms in total. The van der Waals surface area contributed by atoms with Gasteiger partial charge in [-0.25, -0.2) is 4.79 Å². The van der Waals surface area contributed by atoms with Gasteiger partial charge >= 0.3 is 6.09 Å². The number of amides is 1. The monoisotopic (exact) mass is 313 g/mol. The van der Waals surface area contributed by atoms with Crippen LogP contribution >= 0.6 is 0 Å². The average molecular weight is 313 g/mol. The lowest BCUT2D eigenvalue weighted by Crippen LogP contribution is -2.20. The third kappa shape index (κ3) is 4.25. The van der Waals surface area contributed by atoms with E-state index in [0.29, 0.717) is 11.3 Å². The fourth-order valence-corrected chi connectivity index (χ4v) is 2.48. The molecule has 122 valence electrons. The summed E-state index contributed by atoms with van der Waals surface area (Å²) in [4.78, 5) is 12.1. The van der Waals surface area contributed by atoms with Gasteiger partial charge in [0.1, 0.15) is 12.4 Å².